The summed E-state index contributed by atoms with van der Waals surface area (Å²) in [6.45, 7) is 4.76. The van der Waals surface area contributed by atoms with Gasteiger partial charge in [0.25, 0.3) is 6.29 Å². The van der Waals surface area contributed by atoms with E-state index >= 15 is 0 Å². The molecule has 496 valence electrons. The van der Waals surface area contributed by atoms with Crippen molar-refractivity contribution in [2.45, 2.75) is 296 Å². The molecule has 87 heavy (non-hydrogen) atoms. The minimum atomic E-state index is -1.52. The predicted molar refractivity (Wildman–Crippen MR) is 373 cm³/mol. The van der Waals surface area contributed by atoms with Gasteiger partial charge < -0.3 is 28.5 Å². The van der Waals surface area contributed by atoms with Gasteiger partial charge in [-0.3, -0.25) is 9.59 Å². The largest absolute Gasteiger partial charge is 0.477 e. The average molecular weight is 1210 g/mol. The Labute approximate surface area is 535 Å². The lowest BCUT2D eigenvalue weighted by molar-refractivity contribution is -0.870. The number of nitrogens with zero attached hydrogens (tertiary/aromatic N) is 1. The Morgan fingerprint density at radius 2 is 0.655 bits per heavy atom. The Balaban J connectivity index is 4.11. The van der Waals surface area contributed by atoms with Crippen molar-refractivity contribution in [2.24, 2.45) is 0 Å². The van der Waals surface area contributed by atoms with Crippen molar-refractivity contribution in [3.05, 3.63) is 134 Å². The number of carbonyl (C=O) groups is 3. The van der Waals surface area contributed by atoms with E-state index in [0.29, 0.717) is 23.9 Å². The van der Waals surface area contributed by atoms with Crippen molar-refractivity contribution in [1.29, 1.82) is 0 Å². The lowest BCUT2D eigenvalue weighted by Gasteiger charge is -2.25. The van der Waals surface area contributed by atoms with Gasteiger partial charge in [-0.05, 0) is 116 Å². The molecule has 0 aliphatic rings. The molecule has 9 nitrogen and oxygen atoms in total. The van der Waals surface area contributed by atoms with Gasteiger partial charge in [-0.1, -0.05) is 289 Å². The number of quaternary nitrogens is 1. The van der Waals surface area contributed by atoms with Crippen LogP contribution < -0.4 is 0 Å². The molecule has 0 aliphatic carbocycles. The Morgan fingerprint density at radius 3 is 0.977 bits per heavy atom. The van der Waals surface area contributed by atoms with Crippen LogP contribution in [0.2, 0.25) is 0 Å². The van der Waals surface area contributed by atoms with E-state index in [-0.39, 0.29) is 32.2 Å². The Bertz CT molecular complexity index is 1890. The second kappa shape index (κ2) is 67.4. The zero-order valence-electron chi connectivity index (χ0n) is 56.6. The van der Waals surface area contributed by atoms with Crippen LogP contribution in [-0.2, 0) is 33.3 Å². The number of hydrogen-bond acceptors (Lipinski definition) is 7. The topological polar surface area (TPSA) is 108 Å². The van der Waals surface area contributed by atoms with E-state index in [1.807, 2.05) is 21.1 Å². The Morgan fingerprint density at radius 1 is 0.356 bits per heavy atom. The molecule has 0 aliphatic heterocycles. The molecule has 1 N–H and O–H groups in total. The average Bonchev–Trinajstić information content (AvgIpc) is 3.59. The van der Waals surface area contributed by atoms with E-state index in [4.69, 9.17) is 18.9 Å². The summed E-state index contributed by atoms with van der Waals surface area (Å²) in [6, 6.07) is 0. The molecule has 0 spiro atoms. The van der Waals surface area contributed by atoms with Gasteiger partial charge >= 0.3 is 17.9 Å². The molecule has 0 fully saturated rings. The maximum atomic E-state index is 12.9. The highest BCUT2D eigenvalue weighted by molar-refractivity contribution is 5.71. The summed E-state index contributed by atoms with van der Waals surface area (Å²) in [4.78, 5) is 37.6. The Kier molecular flexibility index (Phi) is 63.8. The molecule has 0 heterocycles. The van der Waals surface area contributed by atoms with Gasteiger partial charge in [-0.2, -0.15) is 0 Å². The van der Waals surface area contributed by atoms with E-state index in [0.717, 1.165) is 103 Å². The fourth-order valence-corrected chi connectivity index (χ4v) is 9.51. The molecule has 2 atom stereocenters. The summed E-state index contributed by atoms with van der Waals surface area (Å²) >= 11 is 0. The molecule has 0 aromatic carbocycles. The number of carboxylic acids is 1. The third-order valence-electron chi connectivity index (χ3n) is 14.9. The standard InChI is InChI=1S/C78H131NO8/c1-6-8-10-12-14-16-18-20-22-24-26-28-29-30-31-32-33-34-35-36-37-38-39-40-41-42-43-44-45-46-47-49-51-53-55-57-59-61-63-65-67-69-76(81)87-74(73-86-78(77(82)83)84-71-70-79(3,4)5)72-85-75(80)68-66-64-62-60-58-56-54-52-50-48-27-25-23-21-19-17-15-13-11-9-7-2/h8,10,14,16,19-22,25-28,30-31,33-34,36-37,39-40,42-43,74,78H,6-7,9,11-13,15,17-18,23-24,29,32,35,38,41,44-73H2,1-5H3/p+1/b10-8-,16-14-,21-19-,22-20-,27-25-,28-26-,31-30-,34-33-,37-36-,40-39-,43-42-. The number of esters is 2. The van der Waals surface area contributed by atoms with Crippen LogP contribution >= 0.6 is 0 Å². The molecule has 0 radical (unpaired) electrons. The van der Waals surface area contributed by atoms with Gasteiger partial charge in [0.2, 0.25) is 0 Å². The fraction of sp³-hybridized carbons (Fsp3) is 0.679. The lowest BCUT2D eigenvalue weighted by atomic mass is 10.0. The Hall–Kier alpha value is -4.57. The van der Waals surface area contributed by atoms with Crippen molar-refractivity contribution >= 4 is 17.9 Å². The fourth-order valence-electron chi connectivity index (χ4n) is 9.51. The van der Waals surface area contributed by atoms with Crippen LogP contribution in [0.25, 0.3) is 0 Å². The van der Waals surface area contributed by atoms with Crippen LogP contribution in [0.5, 0.6) is 0 Å². The monoisotopic (exact) mass is 1210 g/mol. The summed E-state index contributed by atoms with van der Waals surface area (Å²) in [5.41, 5.74) is 0. The first-order valence-corrected chi connectivity index (χ1v) is 35.3. The molecular weight excluding hydrogens is 1080 g/mol. The number of likely N-dealkylation sites (N-methyl/N-ethyl adjacent to an activating group) is 1. The van der Waals surface area contributed by atoms with Gasteiger partial charge in [-0.25, -0.2) is 4.79 Å². The van der Waals surface area contributed by atoms with E-state index in [2.05, 4.69) is 148 Å². The maximum Gasteiger partial charge on any atom is 0.361 e. The molecule has 9 heteroatoms. The summed E-state index contributed by atoms with van der Waals surface area (Å²) in [5.74, 6) is -2.01. The number of rotatable bonds is 64. The molecule has 0 rings (SSSR count). The van der Waals surface area contributed by atoms with Crippen LogP contribution in [0.4, 0.5) is 0 Å². The van der Waals surface area contributed by atoms with Crippen LogP contribution in [0.1, 0.15) is 284 Å². The molecule has 0 saturated heterocycles. The van der Waals surface area contributed by atoms with Crippen LogP contribution in [0, 0.1) is 0 Å². The summed E-state index contributed by atoms with van der Waals surface area (Å²) in [7, 11) is 5.97. The number of aliphatic carboxylic acids is 1. The number of ether oxygens (including phenoxy) is 4. The molecular formula is C78H132NO8+. The van der Waals surface area contributed by atoms with Gasteiger partial charge in [0, 0.05) is 12.8 Å². The van der Waals surface area contributed by atoms with Crippen LogP contribution in [0.15, 0.2) is 134 Å². The predicted octanol–water partition coefficient (Wildman–Crippen LogP) is 22.1. The van der Waals surface area contributed by atoms with Crippen molar-refractivity contribution < 1.29 is 42.9 Å². The number of allylic oxidation sites excluding steroid dienone is 22. The molecule has 2 unspecified atom stereocenters. The summed E-state index contributed by atoms with van der Waals surface area (Å²) in [5, 5.41) is 9.74. The van der Waals surface area contributed by atoms with E-state index in [9.17, 15) is 19.5 Å². The van der Waals surface area contributed by atoms with Gasteiger partial charge in [0.15, 0.2) is 6.10 Å². The molecule has 0 amide bonds. The van der Waals surface area contributed by atoms with Gasteiger partial charge in [-0.15, -0.1) is 0 Å². The lowest BCUT2D eigenvalue weighted by Crippen LogP contribution is -2.40. The van der Waals surface area contributed by atoms with E-state index < -0.39 is 24.3 Å². The van der Waals surface area contributed by atoms with Crippen molar-refractivity contribution in [3.63, 3.8) is 0 Å². The van der Waals surface area contributed by atoms with Crippen molar-refractivity contribution in [1.82, 2.24) is 0 Å². The summed E-state index contributed by atoms with van der Waals surface area (Å²) in [6.07, 6.45) is 94.2. The highest BCUT2D eigenvalue weighted by atomic mass is 16.7. The molecule has 0 bridgehead atoms. The summed E-state index contributed by atoms with van der Waals surface area (Å²) < 4.78 is 23.0. The van der Waals surface area contributed by atoms with E-state index in [1.165, 1.54) is 148 Å². The van der Waals surface area contributed by atoms with Crippen molar-refractivity contribution in [2.75, 3.05) is 47.5 Å². The highest BCUT2D eigenvalue weighted by Crippen LogP contribution is 2.16. The molecule has 0 aromatic rings. The smallest absolute Gasteiger partial charge is 0.361 e. The SMILES string of the molecule is CC/C=C\C/C=C\C/C=C\C/C=C\C/C=C\C/C=C\C/C=C\C/C=C\C/C=C\CCCCCCCCCCCCCCCC(=O)OC(COC(=O)CCCCCCCCCCC/C=C\C/C=C\CCCCCCC)COC(OCC[N+](C)(C)C)C(=O)O. The second-order valence-corrected chi connectivity index (χ2v) is 24.5. The third-order valence-corrected chi connectivity index (χ3v) is 14.9. The van der Waals surface area contributed by atoms with Crippen molar-refractivity contribution in [3.8, 4) is 0 Å². The van der Waals surface area contributed by atoms with Gasteiger partial charge in [0.05, 0.1) is 34.4 Å². The zero-order chi connectivity index (χ0) is 63.3. The van der Waals surface area contributed by atoms with Crippen LogP contribution in [-0.4, -0.2) is 87.4 Å². The first kappa shape index (κ1) is 82.4. The highest BCUT2D eigenvalue weighted by Gasteiger charge is 2.25. The third kappa shape index (κ3) is 68.8. The number of unbranched alkanes of at least 4 members (excludes halogenated alkanes) is 27. The van der Waals surface area contributed by atoms with E-state index in [1.54, 1.807) is 0 Å². The van der Waals surface area contributed by atoms with Crippen LogP contribution in [0.3, 0.4) is 0 Å². The first-order chi connectivity index (χ1) is 42.6. The van der Waals surface area contributed by atoms with Gasteiger partial charge in [0.1, 0.15) is 13.2 Å². The number of carbonyl (C=O) groups excluding carboxylic acids is 2. The quantitative estimate of drug-likeness (QED) is 0.0211. The number of carboxylic acid groups (broad SMARTS) is 1. The minimum Gasteiger partial charge on any atom is -0.477 e. The zero-order valence-corrected chi connectivity index (χ0v) is 56.6. The normalized spacial score (nSPS) is 13.5. The second-order valence-electron chi connectivity index (χ2n) is 24.5. The molecule has 0 saturated carbocycles. The minimum absolute atomic E-state index is 0.182. The number of hydrogen-bond donors (Lipinski definition) is 1. The first-order valence-electron chi connectivity index (χ1n) is 35.3. The maximum absolute atomic E-state index is 12.9. The molecule has 0 aromatic heterocycles.